The molecule has 2 aromatic rings. The fourth-order valence-corrected chi connectivity index (χ4v) is 2.27. The van der Waals surface area contributed by atoms with E-state index in [9.17, 15) is 9.90 Å². The van der Waals surface area contributed by atoms with E-state index >= 15 is 0 Å². The SMILES string of the molecule is Cc1cc(C)c(O)c(NC(=O)CC(N)c2ccccc2)c1. The van der Waals surface area contributed by atoms with Crippen molar-refractivity contribution in [3.63, 3.8) is 0 Å². The van der Waals surface area contributed by atoms with Crippen LogP contribution in [0.3, 0.4) is 0 Å². The number of aromatic hydroxyl groups is 1. The molecule has 4 heteroatoms. The van der Waals surface area contributed by atoms with Gasteiger partial charge in [-0.15, -0.1) is 0 Å². The number of amides is 1. The van der Waals surface area contributed by atoms with Gasteiger partial charge in [-0.05, 0) is 36.6 Å². The van der Waals surface area contributed by atoms with Crippen LogP contribution in [0.4, 0.5) is 5.69 Å². The molecule has 2 rings (SSSR count). The number of rotatable bonds is 4. The number of hydrogen-bond donors (Lipinski definition) is 3. The molecule has 0 radical (unpaired) electrons. The molecule has 1 amide bonds. The van der Waals surface area contributed by atoms with Crippen LogP contribution in [0, 0.1) is 13.8 Å². The van der Waals surface area contributed by atoms with Crippen LogP contribution in [0.25, 0.3) is 0 Å². The maximum absolute atomic E-state index is 12.1. The van der Waals surface area contributed by atoms with Gasteiger partial charge in [-0.3, -0.25) is 4.79 Å². The summed E-state index contributed by atoms with van der Waals surface area (Å²) in [5, 5.41) is 12.7. The molecule has 0 spiro atoms. The maximum Gasteiger partial charge on any atom is 0.226 e. The Balaban J connectivity index is 2.06. The number of carbonyl (C=O) groups excluding carboxylic acids is 1. The maximum atomic E-state index is 12.1. The van der Waals surface area contributed by atoms with Crippen molar-refractivity contribution in [1.29, 1.82) is 0 Å². The fourth-order valence-electron chi connectivity index (χ4n) is 2.27. The average Bonchev–Trinajstić information content (AvgIpc) is 2.45. The minimum Gasteiger partial charge on any atom is -0.505 e. The van der Waals surface area contributed by atoms with Gasteiger partial charge in [-0.1, -0.05) is 36.4 Å². The molecular weight excluding hydrogens is 264 g/mol. The number of carbonyl (C=O) groups is 1. The van der Waals surface area contributed by atoms with E-state index < -0.39 is 0 Å². The first kappa shape index (κ1) is 15.1. The molecule has 0 aliphatic heterocycles. The van der Waals surface area contributed by atoms with Gasteiger partial charge in [-0.2, -0.15) is 0 Å². The first-order chi connectivity index (χ1) is 9.97. The summed E-state index contributed by atoms with van der Waals surface area (Å²) in [5.74, 6) is -0.117. The largest absolute Gasteiger partial charge is 0.505 e. The second-order valence-electron chi connectivity index (χ2n) is 5.25. The molecule has 0 saturated heterocycles. The Labute approximate surface area is 124 Å². The van der Waals surface area contributed by atoms with Crippen LogP contribution < -0.4 is 11.1 Å². The first-order valence-electron chi connectivity index (χ1n) is 6.88. The lowest BCUT2D eigenvalue weighted by atomic mass is 10.0. The Morgan fingerprint density at radius 2 is 1.90 bits per heavy atom. The third-order valence-corrected chi connectivity index (χ3v) is 3.35. The molecular formula is C17H20N2O2. The monoisotopic (exact) mass is 284 g/mol. The van der Waals surface area contributed by atoms with E-state index in [0.717, 1.165) is 16.7 Å². The summed E-state index contributed by atoms with van der Waals surface area (Å²) in [6.07, 6.45) is 0.163. The van der Waals surface area contributed by atoms with Gasteiger partial charge in [-0.25, -0.2) is 0 Å². The predicted octanol–water partition coefficient (Wildman–Crippen LogP) is 3.04. The lowest BCUT2D eigenvalue weighted by Crippen LogP contribution is -2.20. The summed E-state index contributed by atoms with van der Waals surface area (Å²) in [6.45, 7) is 3.71. The van der Waals surface area contributed by atoms with Crippen LogP contribution in [-0.4, -0.2) is 11.0 Å². The molecule has 21 heavy (non-hydrogen) atoms. The molecule has 0 bridgehead atoms. The van der Waals surface area contributed by atoms with Crippen LogP contribution in [0.1, 0.15) is 29.2 Å². The van der Waals surface area contributed by atoms with E-state index in [1.54, 1.807) is 13.0 Å². The van der Waals surface area contributed by atoms with Gasteiger partial charge in [0, 0.05) is 12.5 Å². The molecule has 0 aliphatic rings. The van der Waals surface area contributed by atoms with E-state index in [1.165, 1.54) is 0 Å². The molecule has 0 aromatic heterocycles. The minimum atomic E-state index is -0.362. The molecule has 1 atom stereocenters. The highest BCUT2D eigenvalue weighted by Crippen LogP contribution is 2.29. The number of nitrogens with one attached hydrogen (secondary N) is 1. The van der Waals surface area contributed by atoms with Gasteiger partial charge >= 0.3 is 0 Å². The number of phenolic OH excluding ortho intramolecular Hbond substituents is 1. The molecule has 4 N–H and O–H groups in total. The van der Waals surface area contributed by atoms with Crippen LogP contribution >= 0.6 is 0 Å². The van der Waals surface area contributed by atoms with Crippen LogP contribution in [0.2, 0.25) is 0 Å². The van der Waals surface area contributed by atoms with Gasteiger partial charge in [0.25, 0.3) is 0 Å². The lowest BCUT2D eigenvalue weighted by molar-refractivity contribution is -0.116. The van der Waals surface area contributed by atoms with E-state index in [1.807, 2.05) is 43.3 Å². The Hall–Kier alpha value is -2.33. The Morgan fingerprint density at radius 3 is 2.57 bits per heavy atom. The summed E-state index contributed by atoms with van der Waals surface area (Å²) >= 11 is 0. The van der Waals surface area contributed by atoms with Gasteiger partial charge in [0.15, 0.2) is 0 Å². The third kappa shape index (κ3) is 3.83. The molecule has 0 aliphatic carbocycles. The van der Waals surface area contributed by atoms with Gasteiger partial charge in [0.05, 0.1) is 5.69 Å². The predicted molar refractivity (Wildman–Crippen MR) is 84.2 cm³/mol. The van der Waals surface area contributed by atoms with Crippen molar-refractivity contribution in [3.8, 4) is 5.75 Å². The van der Waals surface area contributed by atoms with Gasteiger partial charge in [0.2, 0.25) is 5.91 Å². The molecule has 0 saturated carbocycles. The lowest BCUT2D eigenvalue weighted by Gasteiger charge is -2.14. The minimum absolute atomic E-state index is 0.0993. The van der Waals surface area contributed by atoms with Crippen molar-refractivity contribution in [2.75, 3.05) is 5.32 Å². The summed E-state index contributed by atoms with van der Waals surface area (Å²) in [7, 11) is 0. The van der Waals surface area contributed by atoms with Crippen LogP contribution in [-0.2, 0) is 4.79 Å². The summed E-state index contributed by atoms with van der Waals surface area (Å²) < 4.78 is 0. The first-order valence-corrected chi connectivity index (χ1v) is 6.88. The average molecular weight is 284 g/mol. The molecule has 0 fully saturated rings. The number of benzene rings is 2. The molecule has 110 valence electrons. The third-order valence-electron chi connectivity index (χ3n) is 3.35. The zero-order valence-electron chi connectivity index (χ0n) is 12.3. The molecule has 4 nitrogen and oxygen atoms in total. The normalized spacial score (nSPS) is 12.0. The zero-order valence-corrected chi connectivity index (χ0v) is 12.3. The Kier molecular flexibility index (Phi) is 4.60. The number of nitrogens with two attached hydrogens (primary N) is 1. The summed E-state index contributed by atoms with van der Waals surface area (Å²) in [5.41, 5.74) is 9.08. The van der Waals surface area contributed by atoms with Crippen molar-refractivity contribution < 1.29 is 9.90 Å². The zero-order chi connectivity index (χ0) is 15.4. The van der Waals surface area contributed by atoms with E-state index in [-0.39, 0.29) is 24.1 Å². The number of aryl methyl sites for hydroxylation is 2. The van der Waals surface area contributed by atoms with Crippen LogP contribution in [0.5, 0.6) is 5.75 Å². The Morgan fingerprint density at radius 1 is 1.24 bits per heavy atom. The second kappa shape index (κ2) is 6.41. The van der Waals surface area contributed by atoms with Gasteiger partial charge in [0.1, 0.15) is 5.75 Å². The molecule has 2 aromatic carbocycles. The van der Waals surface area contributed by atoms with Crippen molar-refractivity contribution in [3.05, 3.63) is 59.2 Å². The van der Waals surface area contributed by atoms with Crippen molar-refractivity contribution >= 4 is 11.6 Å². The fraction of sp³-hybridized carbons (Fsp3) is 0.235. The molecule has 0 heterocycles. The van der Waals surface area contributed by atoms with Crippen molar-refractivity contribution in [1.82, 2.24) is 0 Å². The molecule has 1 unspecified atom stereocenters. The highest BCUT2D eigenvalue weighted by Gasteiger charge is 2.14. The van der Waals surface area contributed by atoms with Crippen molar-refractivity contribution in [2.24, 2.45) is 5.73 Å². The van der Waals surface area contributed by atoms with Crippen LogP contribution in [0.15, 0.2) is 42.5 Å². The summed E-state index contributed by atoms with van der Waals surface area (Å²) in [6, 6.07) is 12.7. The highest BCUT2D eigenvalue weighted by molar-refractivity contribution is 5.93. The number of hydrogen-bond acceptors (Lipinski definition) is 3. The standard InChI is InChI=1S/C17H20N2O2/c1-11-8-12(2)17(21)15(9-11)19-16(20)10-14(18)13-6-4-3-5-7-13/h3-9,14,21H,10,18H2,1-2H3,(H,19,20). The van der Waals surface area contributed by atoms with Gasteiger partial charge < -0.3 is 16.2 Å². The Bertz CT molecular complexity index is 639. The second-order valence-corrected chi connectivity index (χ2v) is 5.25. The smallest absolute Gasteiger partial charge is 0.226 e. The summed E-state index contributed by atoms with van der Waals surface area (Å²) in [4.78, 5) is 12.1. The quantitative estimate of drug-likeness (QED) is 0.755. The number of phenols is 1. The van der Waals surface area contributed by atoms with E-state index in [0.29, 0.717) is 5.69 Å². The topological polar surface area (TPSA) is 75.3 Å². The number of anilines is 1. The van der Waals surface area contributed by atoms with Crippen molar-refractivity contribution in [2.45, 2.75) is 26.3 Å². The highest BCUT2D eigenvalue weighted by atomic mass is 16.3. The van der Waals surface area contributed by atoms with E-state index in [2.05, 4.69) is 5.32 Å². The van der Waals surface area contributed by atoms with E-state index in [4.69, 9.17) is 5.73 Å².